The molecule has 1 fully saturated rings. The van der Waals surface area contributed by atoms with Gasteiger partial charge in [-0.2, -0.15) is 5.10 Å². The monoisotopic (exact) mass is 363 g/mol. The minimum atomic E-state index is -0.507. The second kappa shape index (κ2) is 6.50. The maximum atomic E-state index is 12.4. The zero-order chi connectivity index (χ0) is 19.1. The molecule has 4 rings (SSSR count). The summed E-state index contributed by atoms with van der Waals surface area (Å²) in [6.07, 6.45) is 5.92. The van der Waals surface area contributed by atoms with Crippen LogP contribution in [-0.2, 0) is 0 Å². The molecule has 2 heterocycles. The Morgan fingerprint density at radius 1 is 1.30 bits per heavy atom. The van der Waals surface area contributed by atoms with E-state index in [4.69, 9.17) is 5.73 Å². The second-order valence-electron chi connectivity index (χ2n) is 7.16. The molecule has 7 heteroatoms. The summed E-state index contributed by atoms with van der Waals surface area (Å²) in [5, 5.41) is 7.46. The van der Waals surface area contributed by atoms with Crippen molar-refractivity contribution in [3.05, 3.63) is 53.0 Å². The number of carbonyl (C=O) groups excluding carboxylic acids is 2. The lowest BCUT2D eigenvalue weighted by atomic mass is 10.0. The second-order valence-corrected chi connectivity index (χ2v) is 7.16. The molecule has 1 aromatic carbocycles. The highest BCUT2D eigenvalue weighted by atomic mass is 16.1. The fourth-order valence-electron chi connectivity index (χ4n) is 3.26. The summed E-state index contributed by atoms with van der Waals surface area (Å²) in [6.45, 7) is 3.78. The minimum Gasteiger partial charge on any atom is -0.366 e. The third-order valence-corrected chi connectivity index (χ3v) is 5.08. The normalized spacial score (nSPS) is 13.7. The van der Waals surface area contributed by atoms with Crippen LogP contribution >= 0.6 is 0 Å². The number of nitrogens with one attached hydrogen (secondary N) is 1. The van der Waals surface area contributed by atoms with Gasteiger partial charge in [-0.3, -0.25) is 9.59 Å². The van der Waals surface area contributed by atoms with E-state index in [1.165, 1.54) is 6.33 Å². The van der Waals surface area contributed by atoms with Crippen LogP contribution in [-0.4, -0.2) is 26.3 Å². The Labute approximate surface area is 156 Å². The molecule has 1 amide bonds. The van der Waals surface area contributed by atoms with Gasteiger partial charge in [0.1, 0.15) is 11.8 Å². The zero-order valence-electron chi connectivity index (χ0n) is 15.3. The number of hydrogen-bond donors (Lipinski definition) is 2. The molecule has 0 saturated heterocycles. The average Bonchev–Trinajstić information content (AvgIpc) is 3.38. The first-order valence-electron chi connectivity index (χ1n) is 8.97. The Balaban J connectivity index is 1.71. The van der Waals surface area contributed by atoms with Crippen LogP contribution < -0.4 is 11.1 Å². The van der Waals surface area contributed by atoms with Crippen LogP contribution in [0.3, 0.4) is 0 Å². The van der Waals surface area contributed by atoms with Gasteiger partial charge in [-0.15, -0.1) is 0 Å². The van der Waals surface area contributed by atoms with Gasteiger partial charge in [-0.05, 0) is 49.8 Å². The van der Waals surface area contributed by atoms with Crippen LogP contribution in [0.15, 0.2) is 30.7 Å². The molecule has 0 spiro atoms. The molecule has 7 nitrogen and oxygen atoms in total. The Morgan fingerprint density at radius 2 is 2.07 bits per heavy atom. The molecule has 0 aliphatic heterocycles. The maximum absolute atomic E-state index is 12.4. The molecule has 2 aromatic heterocycles. The van der Waals surface area contributed by atoms with E-state index in [2.05, 4.69) is 15.4 Å². The summed E-state index contributed by atoms with van der Waals surface area (Å²) in [4.78, 5) is 28.4. The fraction of sp³-hybridized carbons (Fsp3) is 0.300. The number of carbonyl (C=O) groups is 2. The van der Waals surface area contributed by atoms with Gasteiger partial charge in [-0.25, -0.2) is 9.50 Å². The summed E-state index contributed by atoms with van der Waals surface area (Å²) in [6, 6.07) is 5.67. The third kappa shape index (κ3) is 3.28. The van der Waals surface area contributed by atoms with E-state index < -0.39 is 5.91 Å². The van der Waals surface area contributed by atoms with E-state index in [9.17, 15) is 9.59 Å². The summed E-state index contributed by atoms with van der Waals surface area (Å²) < 4.78 is 1.59. The van der Waals surface area contributed by atoms with Crippen LogP contribution in [0, 0.1) is 19.8 Å². The Bertz CT molecular complexity index is 1070. The molecule has 0 bridgehead atoms. The van der Waals surface area contributed by atoms with Gasteiger partial charge in [0.15, 0.2) is 11.6 Å². The average molecular weight is 363 g/mol. The molecule has 3 aromatic rings. The number of hydrogen-bond acceptors (Lipinski definition) is 5. The van der Waals surface area contributed by atoms with Gasteiger partial charge in [0, 0.05) is 23.9 Å². The molecule has 1 saturated carbocycles. The smallest absolute Gasteiger partial charge is 0.250 e. The Kier molecular flexibility index (Phi) is 4.14. The molecular weight excluding hydrogens is 342 g/mol. The largest absolute Gasteiger partial charge is 0.366 e. The number of aryl methyl sites for hydroxylation is 2. The first-order chi connectivity index (χ1) is 12.9. The number of rotatable bonds is 6. The highest BCUT2D eigenvalue weighted by molar-refractivity contribution is 5.99. The van der Waals surface area contributed by atoms with Gasteiger partial charge >= 0.3 is 0 Å². The number of fused-ring (bicyclic) bond motifs is 1. The van der Waals surface area contributed by atoms with Crippen LogP contribution in [0.4, 0.5) is 11.5 Å². The molecular formula is C20H21N5O2. The maximum Gasteiger partial charge on any atom is 0.250 e. The lowest BCUT2D eigenvalue weighted by Gasteiger charge is -2.12. The molecule has 0 radical (unpaired) electrons. The van der Waals surface area contributed by atoms with Crippen molar-refractivity contribution in [2.24, 2.45) is 11.7 Å². The van der Waals surface area contributed by atoms with Crippen LogP contribution in [0.2, 0.25) is 0 Å². The molecule has 1 aliphatic rings. The predicted molar refractivity (Wildman–Crippen MR) is 102 cm³/mol. The summed E-state index contributed by atoms with van der Waals surface area (Å²) in [7, 11) is 0. The zero-order valence-corrected chi connectivity index (χ0v) is 15.3. The van der Waals surface area contributed by atoms with Gasteiger partial charge in [-0.1, -0.05) is 12.1 Å². The standard InChI is InChI=1S/C20H21N5O2/c1-11-3-6-14(17(26)7-13-4-5-13)8-16(11)24-20-18-12(2)15(19(21)27)9-25(18)23-10-22-20/h3,6,8-10,13H,4-5,7H2,1-2H3,(H2,21,27)(H,22,23,24). The van der Waals surface area contributed by atoms with E-state index in [0.717, 1.165) is 24.1 Å². The van der Waals surface area contributed by atoms with Gasteiger partial charge in [0.2, 0.25) is 0 Å². The number of benzene rings is 1. The number of nitrogens with zero attached hydrogens (tertiary/aromatic N) is 3. The van der Waals surface area contributed by atoms with Gasteiger partial charge in [0.25, 0.3) is 5.91 Å². The molecule has 27 heavy (non-hydrogen) atoms. The van der Waals surface area contributed by atoms with Gasteiger partial charge < -0.3 is 11.1 Å². The van der Waals surface area contributed by atoms with Gasteiger partial charge in [0.05, 0.1) is 5.56 Å². The minimum absolute atomic E-state index is 0.170. The lowest BCUT2D eigenvalue weighted by Crippen LogP contribution is -2.10. The van der Waals surface area contributed by atoms with Crippen molar-refractivity contribution in [1.82, 2.24) is 14.6 Å². The van der Waals surface area contributed by atoms with Crippen molar-refractivity contribution in [2.45, 2.75) is 33.1 Å². The van der Waals surface area contributed by atoms with Crippen LogP contribution in [0.25, 0.3) is 5.52 Å². The quantitative estimate of drug-likeness (QED) is 0.655. The van der Waals surface area contributed by atoms with E-state index in [1.807, 2.05) is 32.0 Å². The summed E-state index contributed by atoms with van der Waals surface area (Å²) >= 11 is 0. The van der Waals surface area contributed by atoms with Crippen molar-refractivity contribution >= 4 is 28.7 Å². The molecule has 0 atom stereocenters. The molecule has 138 valence electrons. The van der Waals surface area contributed by atoms with Crippen molar-refractivity contribution in [2.75, 3.05) is 5.32 Å². The van der Waals surface area contributed by atoms with Crippen molar-refractivity contribution in [1.29, 1.82) is 0 Å². The molecule has 0 unspecified atom stereocenters. The third-order valence-electron chi connectivity index (χ3n) is 5.08. The number of aromatic nitrogens is 3. The first kappa shape index (κ1) is 17.2. The van der Waals surface area contributed by atoms with Crippen molar-refractivity contribution in [3.8, 4) is 0 Å². The van der Waals surface area contributed by atoms with E-state index >= 15 is 0 Å². The lowest BCUT2D eigenvalue weighted by molar-refractivity contribution is 0.0973. The highest BCUT2D eigenvalue weighted by Crippen LogP contribution is 2.34. The van der Waals surface area contributed by atoms with E-state index in [0.29, 0.717) is 40.4 Å². The number of primary amides is 1. The predicted octanol–water partition coefficient (Wildman–Crippen LogP) is 3.17. The number of Topliss-reactive ketones (excluding diaryl/α,β-unsaturated/α-hetero) is 1. The van der Waals surface area contributed by atoms with Crippen molar-refractivity contribution in [3.63, 3.8) is 0 Å². The summed E-state index contributed by atoms with van der Waals surface area (Å²) in [5.41, 5.74) is 9.74. The van der Waals surface area contributed by atoms with Crippen LogP contribution in [0.1, 0.15) is 51.1 Å². The number of amides is 1. The number of anilines is 2. The van der Waals surface area contributed by atoms with Crippen molar-refractivity contribution < 1.29 is 9.59 Å². The SMILES string of the molecule is Cc1ccc(C(=O)CC2CC2)cc1Nc1ncnn2cc(C(N)=O)c(C)c12. The summed E-state index contributed by atoms with van der Waals surface area (Å²) in [5.74, 6) is 0.772. The topological polar surface area (TPSA) is 102 Å². The first-order valence-corrected chi connectivity index (χ1v) is 8.97. The van der Waals surface area contributed by atoms with E-state index in [1.54, 1.807) is 10.7 Å². The number of nitrogens with two attached hydrogens (primary N) is 1. The van der Waals surface area contributed by atoms with E-state index in [-0.39, 0.29) is 5.78 Å². The Morgan fingerprint density at radius 3 is 2.78 bits per heavy atom. The van der Waals surface area contributed by atoms with Crippen LogP contribution in [0.5, 0.6) is 0 Å². The molecule has 1 aliphatic carbocycles. The Hall–Kier alpha value is -3.22. The number of ketones is 1. The highest BCUT2D eigenvalue weighted by Gasteiger charge is 2.25. The molecule has 3 N–H and O–H groups in total. The fourth-order valence-corrected chi connectivity index (χ4v) is 3.26.